The number of anilines is 3. The van der Waals surface area contributed by atoms with Crippen LogP contribution in [0.1, 0.15) is 5.56 Å². The van der Waals surface area contributed by atoms with E-state index in [-0.39, 0.29) is 0 Å². The number of nitrogens with zero attached hydrogens (tertiary/aromatic N) is 1. The maximum absolute atomic E-state index is 6.28. The van der Waals surface area contributed by atoms with E-state index in [2.05, 4.69) is 157 Å². The van der Waals surface area contributed by atoms with E-state index in [4.69, 9.17) is 4.42 Å². The van der Waals surface area contributed by atoms with E-state index in [0.717, 1.165) is 50.5 Å². The summed E-state index contributed by atoms with van der Waals surface area (Å²) in [6, 6.07) is 56.2. The van der Waals surface area contributed by atoms with E-state index in [1.54, 1.807) is 0 Å². The minimum absolute atomic E-state index is 0.923. The van der Waals surface area contributed by atoms with Crippen LogP contribution < -0.4 is 4.90 Å². The van der Waals surface area contributed by atoms with E-state index < -0.39 is 0 Å². The zero-order valence-corrected chi connectivity index (χ0v) is 23.9. The Labute approximate surface area is 251 Å². The monoisotopic (exact) mass is 551 g/mol. The standard InChI is InChI=1S/C41H29NO/c1-28-37-16-6-7-19-40(37)43-41(28)34-15-8-14-32(26-34)30-20-23-35(24-21-30)42(36-25-22-29-10-2-3-12-33(29)27-36)39-18-9-13-31-11-4-5-17-38(31)39/h2-27H,1H3. The summed E-state index contributed by atoms with van der Waals surface area (Å²) in [5, 5.41) is 6.06. The van der Waals surface area contributed by atoms with Crippen LogP contribution in [0.3, 0.4) is 0 Å². The lowest BCUT2D eigenvalue weighted by Gasteiger charge is -2.27. The van der Waals surface area contributed by atoms with Crippen LogP contribution in [-0.2, 0) is 0 Å². The molecular formula is C41H29NO. The van der Waals surface area contributed by atoms with Crippen molar-refractivity contribution in [3.05, 3.63) is 163 Å². The molecule has 0 aliphatic heterocycles. The van der Waals surface area contributed by atoms with Gasteiger partial charge in [-0.3, -0.25) is 0 Å². The third-order valence-corrected chi connectivity index (χ3v) is 8.43. The summed E-state index contributed by atoms with van der Waals surface area (Å²) in [5.74, 6) is 0.929. The van der Waals surface area contributed by atoms with Crippen molar-refractivity contribution in [3.63, 3.8) is 0 Å². The molecule has 0 atom stereocenters. The van der Waals surface area contributed by atoms with Crippen LogP contribution in [0.2, 0.25) is 0 Å². The highest BCUT2D eigenvalue weighted by atomic mass is 16.3. The molecule has 0 fully saturated rings. The van der Waals surface area contributed by atoms with Crippen molar-refractivity contribution in [2.75, 3.05) is 4.90 Å². The smallest absolute Gasteiger partial charge is 0.138 e. The molecular weight excluding hydrogens is 522 g/mol. The highest BCUT2D eigenvalue weighted by Gasteiger charge is 2.17. The van der Waals surface area contributed by atoms with Gasteiger partial charge in [-0.05, 0) is 76.7 Å². The molecule has 1 heterocycles. The van der Waals surface area contributed by atoms with E-state index in [9.17, 15) is 0 Å². The molecule has 0 radical (unpaired) electrons. The summed E-state index contributed by atoms with van der Waals surface area (Å²) < 4.78 is 6.28. The number of hydrogen-bond donors (Lipinski definition) is 0. The summed E-state index contributed by atoms with van der Waals surface area (Å²) in [4.78, 5) is 2.37. The molecule has 0 aliphatic rings. The van der Waals surface area contributed by atoms with Gasteiger partial charge in [0.25, 0.3) is 0 Å². The van der Waals surface area contributed by atoms with Gasteiger partial charge in [-0.1, -0.05) is 115 Å². The number of para-hydroxylation sites is 1. The number of aryl methyl sites for hydroxylation is 1. The van der Waals surface area contributed by atoms with Crippen molar-refractivity contribution in [1.82, 2.24) is 0 Å². The maximum Gasteiger partial charge on any atom is 0.138 e. The summed E-state index contributed by atoms with van der Waals surface area (Å²) >= 11 is 0. The lowest BCUT2D eigenvalue weighted by molar-refractivity contribution is 0.629. The van der Waals surface area contributed by atoms with Gasteiger partial charge in [0.05, 0.1) is 5.69 Å². The Kier molecular flexibility index (Phi) is 6.05. The molecule has 1 aromatic heterocycles. The second-order valence-electron chi connectivity index (χ2n) is 11.0. The summed E-state index contributed by atoms with van der Waals surface area (Å²) in [7, 11) is 0. The molecule has 0 bridgehead atoms. The molecule has 43 heavy (non-hydrogen) atoms. The Morgan fingerprint density at radius 1 is 0.442 bits per heavy atom. The van der Waals surface area contributed by atoms with Gasteiger partial charge in [-0.15, -0.1) is 0 Å². The number of hydrogen-bond acceptors (Lipinski definition) is 2. The quantitative estimate of drug-likeness (QED) is 0.211. The maximum atomic E-state index is 6.28. The Hall–Kier alpha value is -5.60. The molecule has 0 unspecified atom stereocenters. The van der Waals surface area contributed by atoms with Crippen molar-refractivity contribution >= 4 is 49.6 Å². The predicted molar refractivity (Wildman–Crippen MR) is 182 cm³/mol. The van der Waals surface area contributed by atoms with Gasteiger partial charge in [-0.2, -0.15) is 0 Å². The zero-order valence-electron chi connectivity index (χ0n) is 23.9. The first kappa shape index (κ1) is 25.1. The fraction of sp³-hybridized carbons (Fsp3) is 0.0244. The first-order valence-corrected chi connectivity index (χ1v) is 14.7. The third-order valence-electron chi connectivity index (χ3n) is 8.43. The second kappa shape index (κ2) is 10.3. The van der Waals surface area contributed by atoms with Crippen molar-refractivity contribution < 1.29 is 4.42 Å². The number of furan rings is 1. The van der Waals surface area contributed by atoms with Gasteiger partial charge >= 0.3 is 0 Å². The molecule has 0 spiro atoms. The lowest BCUT2D eigenvalue weighted by Crippen LogP contribution is -2.10. The van der Waals surface area contributed by atoms with Gasteiger partial charge in [0.15, 0.2) is 0 Å². The predicted octanol–water partition coefficient (Wildman–Crippen LogP) is 11.9. The number of rotatable bonds is 5. The highest BCUT2D eigenvalue weighted by molar-refractivity contribution is 6.00. The average Bonchev–Trinajstić information content (AvgIpc) is 3.41. The van der Waals surface area contributed by atoms with Crippen molar-refractivity contribution in [2.24, 2.45) is 0 Å². The minimum Gasteiger partial charge on any atom is -0.456 e. The van der Waals surface area contributed by atoms with Crippen molar-refractivity contribution in [3.8, 4) is 22.5 Å². The fourth-order valence-electron chi connectivity index (χ4n) is 6.24. The van der Waals surface area contributed by atoms with Crippen LogP contribution in [0.15, 0.2) is 162 Å². The van der Waals surface area contributed by atoms with E-state index >= 15 is 0 Å². The Balaban J connectivity index is 1.22. The molecule has 2 heteroatoms. The highest BCUT2D eigenvalue weighted by Crippen LogP contribution is 2.41. The van der Waals surface area contributed by atoms with Gasteiger partial charge in [0, 0.05) is 33.3 Å². The van der Waals surface area contributed by atoms with Gasteiger partial charge in [-0.25, -0.2) is 0 Å². The molecule has 8 rings (SSSR count). The normalized spacial score (nSPS) is 11.4. The Bertz CT molecular complexity index is 2250. The average molecular weight is 552 g/mol. The van der Waals surface area contributed by atoms with Crippen LogP contribution in [0.5, 0.6) is 0 Å². The Morgan fingerprint density at radius 3 is 1.93 bits per heavy atom. The molecule has 0 saturated carbocycles. The number of fused-ring (bicyclic) bond motifs is 3. The van der Waals surface area contributed by atoms with Crippen LogP contribution in [-0.4, -0.2) is 0 Å². The molecule has 8 aromatic rings. The van der Waals surface area contributed by atoms with Gasteiger partial charge in [0.2, 0.25) is 0 Å². The lowest BCUT2D eigenvalue weighted by atomic mass is 9.99. The summed E-state index contributed by atoms with van der Waals surface area (Å²) in [5.41, 5.74) is 8.90. The van der Waals surface area contributed by atoms with E-state index in [1.807, 2.05) is 12.1 Å². The molecule has 204 valence electrons. The van der Waals surface area contributed by atoms with Crippen LogP contribution in [0.4, 0.5) is 17.1 Å². The molecule has 0 aliphatic carbocycles. The molecule has 2 nitrogen and oxygen atoms in total. The zero-order chi connectivity index (χ0) is 28.8. The molecule has 0 saturated heterocycles. The summed E-state index contributed by atoms with van der Waals surface area (Å²) in [6.07, 6.45) is 0. The molecule has 7 aromatic carbocycles. The minimum atomic E-state index is 0.923. The third kappa shape index (κ3) is 4.45. The second-order valence-corrected chi connectivity index (χ2v) is 11.0. The first-order valence-electron chi connectivity index (χ1n) is 14.7. The van der Waals surface area contributed by atoms with Crippen LogP contribution in [0.25, 0.3) is 55.0 Å². The topological polar surface area (TPSA) is 16.4 Å². The fourth-order valence-corrected chi connectivity index (χ4v) is 6.24. The largest absolute Gasteiger partial charge is 0.456 e. The Morgan fingerprint density at radius 2 is 1.09 bits per heavy atom. The van der Waals surface area contributed by atoms with Gasteiger partial charge < -0.3 is 9.32 Å². The molecule has 0 amide bonds. The first-order chi connectivity index (χ1) is 21.2. The van der Waals surface area contributed by atoms with E-state index in [0.29, 0.717) is 0 Å². The van der Waals surface area contributed by atoms with E-state index in [1.165, 1.54) is 27.1 Å². The van der Waals surface area contributed by atoms with Gasteiger partial charge in [0.1, 0.15) is 11.3 Å². The number of benzene rings is 7. The van der Waals surface area contributed by atoms with Crippen LogP contribution in [0, 0.1) is 6.92 Å². The van der Waals surface area contributed by atoms with Crippen molar-refractivity contribution in [1.29, 1.82) is 0 Å². The SMILES string of the molecule is Cc1c(-c2cccc(-c3ccc(N(c4ccc5ccccc5c4)c4cccc5ccccc45)cc3)c2)oc2ccccc12. The van der Waals surface area contributed by atoms with Crippen LogP contribution >= 0.6 is 0 Å². The van der Waals surface area contributed by atoms with Crippen molar-refractivity contribution in [2.45, 2.75) is 6.92 Å². The summed E-state index contributed by atoms with van der Waals surface area (Å²) in [6.45, 7) is 2.14. The molecule has 0 N–H and O–H groups in total.